The monoisotopic (exact) mass is 429 g/mol. The van der Waals surface area contributed by atoms with E-state index in [9.17, 15) is 14.4 Å². The molecule has 3 unspecified atom stereocenters. The first-order valence-corrected chi connectivity index (χ1v) is 10.2. The first kappa shape index (κ1) is 21.3. The van der Waals surface area contributed by atoms with Crippen molar-refractivity contribution in [2.24, 2.45) is 5.92 Å². The van der Waals surface area contributed by atoms with E-state index in [1.54, 1.807) is 24.3 Å². The maximum absolute atomic E-state index is 13.3. The van der Waals surface area contributed by atoms with Crippen LogP contribution >= 0.6 is 0 Å². The lowest BCUT2D eigenvalue weighted by atomic mass is 9.76. The van der Waals surface area contributed by atoms with Gasteiger partial charge in [-0.3, -0.25) is 15.0 Å². The van der Waals surface area contributed by atoms with Crippen molar-refractivity contribution in [3.8, 4) is 0 Å². The van der Waals surface area contributed by atoms with Gasteiger partial charge in [-0.15, -0.1) is 0 Å². The summed E-state index contributed by atoms with van der Waals surface area (Å²) in [4.78, 5) is 37.8. The zero-order valence-electron chi connectivity index (χ0n) is 17.4. The predicted molar refractivity (Wildman–Crippen MR) is 120 cm³/mol. The van der Waals surface area contributed by atoms with Crippen LogP contribution in [-0.4, -0.2) is 24.9 Å². The van der Waals surface area contributed by atoms with Crippen LogP contribution in [0.4, 0.5) is 5.69 Å². The summed E-state index contributed by atoms with van der Waals surface area (Å²) in [7, 11) is 1.31. The first-order chi connectivity index (χ1) is 15.6. The van der Waals surface area contributed by atoms with Gasteiger partial charge in [0.15, 0.2) is 0 Å². The minimum Gasteiger partial charge on any atom is -0.465 e. The van der Waals surface area contributed by atoms with E-state index in [2.05, 4.69) is 16.2 Å². The van der Waals surface area contributed by atoms with Crippen LogP contribution in [0.15, 0.2) is 84.9 Å². The Morgan fingerprint density at radius 2 is 1.44 bits per heavy atom. The Labute approximate surface area is 185 Å². The molecule has 3 N–H and O–H groups in total. The van der Waals surface area contributed by atoms with Crippen LogP contribution in [0, 0.1) is 5.92 Å². The number of amides is 2. The molecule has 0 spiro atoms. The molecular formula is C25H23N3O4. The van der Waals surface area contributed by atoms with Gasteiger partial charge in [-0.2, -0.15) is 0 Å². The minimum absolute atomic E-state index is 0.297. The number of benzene rings is 3. The molecule has 2 amide bonds. The van der Waals surface area contributed by atoms with Crippen molar-refractivity contribution in [2.75, 3.05) is 12.4 Å². The van der Waals surface area contributed by atoms with Crippen LogP contribution in [0.3, 0.4) is 0 Å². The summed E-state index contributed by atoms with van der Waals surface area (Å²) in [5.41, 5.74) is 8.44. The summed E-state index contributed by atoms with van der Waals surface area (Å²) in [5.74, 6) is -2.69. The summed E-state index contributed by atoms with van der Waals surface area (Å²) in [5, 5.41) is 2.82. The van der Waals surface area contributed by atoms with Gasteiger partial charge in [0, 0.05) is 11.6 Å². The largest absolute Gasteiger partial charge is 0.465 e. The van der Waals surface area contributed by atoms with Crippen LogP contribution in [0.1, 0.15) is 33.4 Å². The summed E-state index contributed by atoms with van der Waals surface area (Å²) in [6, 6.07) is 25.3. The molecule has 0 radical (unpaired) electrons. The van der Waals surface area contributed by atoms with Gasteiger partial charge in [0.2, 0.25) is 11.8 Å². The van der Waals surface area contributed by atoms with Gasteiger partial charge >= 0.3 is 5.97 Å². The van der Waals surface area contributed by atoms with E-state index in [0.717, 1.165) is 11.1 Å². The van der Waals surface area contributed by atoms with Gasteiger partial charge in [0.1, 0.15) is 5.92 Å². The molecule has 7 nitrogen and oxygen atoms in total. The van der Waals surface area contributed by atoms with Crippen molar-refractivity contribution in [3.63, 3.8) is 0 Å². The van der Waals surface area contributed by atoms with Gasteiger partial charge in [-0.1, -0.05) is 60.7 Å². The molecule has 1 saturated heterocycles. The second-order valence-electron chi connectivity index (χ2n) is 7.49. The summed E-state index contributed by atoms with van der Waals surface area (Å²) in [6.45, 7) is 0. The van der Waals surface area contributed by atoms with Gasteiger partial charge in [-0.05, 0) is 35.4 Å². The Balaban J connectivity index is 1.65. The molecule has 3 atom stereocenters. The Kier molecular flexibility index (Phi) is 6.28. The summed E-state index contributed by atoms with van der Waals surface area (Å²) < 4.78 is 4.70. The fraction of sp³-hybridized carbons (Fsp3) is 0.160. The maximum Gasteiger partial charge on any atom is 0.337 e. The molecule has 0 aliphatic carbocycles. The number of hydrogen-bond acceptors (Lipinski definition) is 5. The van der Waals surface area contributed by atoms with Crippen molar-refractivity contribution >= 4 is 23.5 Å². The third-order valence-electron chi connectivity index (χ3n) is 5.55. The molecule has 1 heterocycles. The molecule has 0 aromatic heterocycles. The van der Waals surface area contributed by atoms with Gasteiger partial charge < -0.3 is 10.1 Å². The Hall–Kier alpha value is -3.97. The highest BCUT2D eigenvalue weighted by atomic mass is 16.5. The van der Waals surface area contributed by atoms with Crippen LogP contribution in [0.5, 0.6) is 0 Å². The van der Waals surface area contributed by atoms with E-state index in [1.165, 1.54) is 7.11 Å². The third kappa shape index (κ3) is 4.38. The second kappa shape index (κ2) is 9.45. The fourth-order valence-electron chi connectivity index (χ4n) is 3.99. The van der Waals surface area contributed by atoms with Crippen molar-refractivity contribution in [1.82, 2.24) is 10.9 Å². The van der Waals surface area contributed by atoms with Crippen LogP contribution in [0.2, 0.25) is 0 Å². The molecular weight excluding hydrogens is 406 g/mol. The molecule has 1 fully saturated rings. The van der Waals surface area contributed by atoms with E-state index >= 15 is 0 Å². The second-order valence-corrected chi connectivity index (χ2v) is 7.49. The highest BCUT2D eigenvalue weighted by molar-refractivity contribution is 6.07. The normalized spacial score (nSPS) is 20.2. The Bertz CT molecular complexity index is 1100. The predicted octanol–water partition coefficient (Wildman–Crippen LogP) is 3.19. The minimum atomic E-state index is -0.968. The Morgan fingerprint density at radius 3 is 2.03 bits per heavy atom. The number of carbonyl (C=O) groups excluding carboxylic acids is 3. The van der Waals surface area contributed by atoms with Gasteiger partial charge in [0.25, 0.3) is 0 Å². The molecule has 0 bridgehead atoms. The van der Waals surface area contributed by atoms with Gasteiger partial charge in [0.05, 0.1) is 18.7 Å². The number of nitrogens with one attached hydrogen (secondary N) is 3. The highest BCUT2D eigenvalue weighted by Crippen LogP contribution is 2.39. The number of methoxy groups -OCH3 is 1. The molecule has 3 aromatic carbocycles. The maximum atomic E-state index is 13.3. The molecule has 1 aliphatic heterocycles. The highest BCUT2D eigenvalue weighted by Gasteiger charge is 2.44. The lowest BCUT2D eigenvalue weighted by Crippen LogP contribution is -2.56. The van der Waals surface area contributed by atoms with Crippen molar-refractivity contribution in [2.45, 2.75) is 12.0 Å². The number of anilines is 1. The standard InChI is InChI=1S/C25H23N3O4/c1-32-25(31)18-12-14-19(15-13-18)26-23(29)21-20(16-8-4-2-5-9-16)22(27-28-24(21)30)17-10-6-3-7-11-17/h2-15,20-22,27H,1H3,(H,26,29)(H,28,30). The topological polar surface area (TPSA) is 96.5 Å². The van der Waals surface area contributed by atoms with E-state index in [1.807, 2.05) is 60.7 Å². The molecule has 3 aromatic rings. The number of esters is 1. The number of ether oxygens (including phenoxy) is 1. The fourth-order valence-corrected chi connectivity index (χ4v) is 3.99. The zero-order valence-corrected chi connectivity index (χ0v) is 17.4. The SMILES string of the molecule is COC(=O)c1ccc(NC(=O)C2C(=O)NNC(c3ccccc3)C2c2ccccc2)cc1. The summed E-state index contributed by atoms with van der Waals surface area (Å²) >= 11 is 0. The van der Waals surface area contributed by atoms with Crippen molar-refractivity contribution < 1.29 is 19.1 Å². The van der Waals surface area contributed by atoms with E-state index in [0.29, 0.717) is 11.3 Å². The van der Waals surface area contributed by atoms with E-state index in [-0.39, 0.29) is 6.04 Å². The molecule has 0 saturated carbocycles. The number of carbonyl (C=O) groups is 3. The number of hydrazine groups is 1. The molecule has 32 heavy (non-hydrogen) atoms. The van der Waals surface area contributed by atoms with Gasteiger partial charge in [-0.25, -0.2) is 10.2 Å². The number of hydrogen-bond donors (Lipinski definition) is 3. The van der Waals surface area contributed by atoms with E-state index < -0.39 is 29.6 Å². The quantitative estimate of drug-likeness (QED) is 0.428. The molecule has 1 aliphatic rings. The average molecular weight is 429 g/mol. The van der Waals surface area contributed by atoms with Crippen LogP contribution in [0.25, 0.3) is 0 Å². The molecule has 7 heteroatoms. The number of rotatable bonds is 5. The Morgan fingerprint density at radius 1 is 0.844 bits per heavy atom. The van der Waals surface area contributed by atoms with Crippen LogP contribution < -0.4 is 16.2 Å². The average Bonchev–Trinajstić information content (AvgIpc) is 2.84. The smallest absolute Gasteiger partial charge is 0.337 e. The molecule has 4 rings (SSSR count). The van der Waals surface area contributed by atoms with Crippen molar-refractivity contribution in [1.29, 1.82) is 0 Å². The zero-order chi connectivity index (χ0) is 22.5. The summed E-state index contributed by atoms with van der Waals surface area (Å²) in [6.07, 6.45) is 0. The van der Waals surface area contributed by atoms with E-state index in [4.69, 9.17) is 4.74 Å². The molecule has 162 valence electrons. The van der Waals surface area contributed by atoms with Crippen LogP contribution in [-0.2, 0) is 14.3 Å². The first-order valence-electron chi connectivity index (χ1n) is 10.2. The van der Waals surface area contributed by atoms with Crippen molar-refractivity contribution in [3.05, 3.63) is 102 Å². The lowest BCUT2D eigenvalue weighted by molar-refractivity contribution is -0.137. The lowest BCUT2D eigenvalue weighted by Gasteiger charge is -2.38. The third-order valence-corrected chi connectivity index (χ3v) is 5.55.